The van der Waals surface area contributed by atoms with Gasteiger partial charge in [-0.05, 0) is 19.1 Å². The molecule has 1 aliphatic heterocycles. The smallest absolute Gasteiger partial charge is 0.325 e. The average Bonchev–Trinajstić information content (AvgIpc) is 2.60. The molecule has 0 aromatic carbocycles. The molecule has 2 N–H and O–H groups in total. The van der Waals surface area contributed by atoms with Gasteiger partial charge in [-0.15, -0.1) is 0 Å². The Morgan fingerprint density at radius 2 is 2.21 bits per heavy atom. The van der Waals surface area contributed by atoms with E-state index in [0.717, 1.165) is 4.90 Å². The van der Waals surface area contributed by atoms with Crippen LogP contribution in [-0.2, 0) is 15.1 Å². The van der Waals surface area contributed by atoms with Crippen molar-refractivity contribution in [1.29, 1.82) is 0 Å². The molecular weight excluding hydrogens is 250 g/mol. The van der Waals surface area contributed by atoms with Crippen LogP contribution in [0.2, 0.25) is 0 Å². The van der Waals surface area contributed by atoms with E-state index in [0.29, 0.717) is 5.69 Å². The topological polar surface area (TPSA) is 99.6 Å². The van der Waals surface area contributed by atoms with Gasteiger partial charge in [0.2, 0.25) is 0 Å². The number of aromatic nitrogens is 1. The van der Waals surface area contributed by atoms with Gasteiger partial charge in [0.25, 0.3) is 5.91 Å². The van der Waals surface area contributed by atoms with Gasteiger partial charge in [-0.3, -0.25) is 19.5 Å². The fourth-order valence-corrected chi connectivity index (χ4v) is 1.94. The van der Waals surface area contributed by atoms with Gasteiger partial charge in [0.15, 0.2) is 5.54 Å². The number of pyridine rings is 1. The van der Waals surface area contributed by atoms with Crippen LogP contribution in [0.15, 0.2) is 24.4 Å². The number of carbonyl (C=O) groups is 3. The third-order valence-electron chi connectivity index (χ3n) is 3.00. The summed E-state index contributed by atoms with van der Waals surface area (Å²) in [5.74, 6) is -1.55. The summed E-state index contributed by atoms with van der Waals surface area (Å²) >= 11 is 0. The number of rotatable bonds is 4. The Hall–Kier alpha value is -2.44. The first-order chi connectivity index (χ1) is 8.95. The molecule has 7 heteroatoms. The highest BCUT2D eigenvalue weighted by Crippen LogP contribution is 2.27. The normalized spacial score (nSPS) is 22.5. The van der Waals surface area contributed by atoms with Crippen LogP contribution in [0.25, 0.3) is 0 Å². The molecule has 0 spiro atoms. The van der Waals surface area contributed by atoms with Gasteiger partial charge >= 0.3 is 12.0 Å². The molecule has 1 unspecified atom stereocenters. The zero-order valence-electron chi connectivity index (χ0n) is 10.3. The fraction of sp³-hybridized carbons (Fsp3) is 0.333. The number of nitrogens with zero attached hydrogens (tertiary/aromatic N) is 2. The van der Waals surface area contributed by atoms with Crippen molar-refractivity contribution in [2.75, 3.05) is 6.54 Å². The summed E-state index contributed by atoms with van der Waals surface area (Å²) in [6.45, 7) is 1.40. The lowest BCUT2D eigenvalue weighted by atomic mass is 9.97. The standard InChI is InChI=1S/C12H13N3O4/c1-12(8-4-2-3-6-13-8)10(18)15(11(19)14-12)7-5-9(16)17/h2-4,6H,5,7H2,1H3,(H,14,19)(H,16,17). The van der Waals surface area contributed by atoms with Crippen molar-refractivity contribution in [3.63, 3.8) is 0 Å². The lowest BCUT2D eigenvalue weighted by molar-refractivity contribution is -0.138. The number of urea groups is 1. The first-order valence-electron chi connectivity index (χ1n) is 5.72. The van der Waals surface area contributed by atoms with E-state index in [1.165, 1.54) is 6.20 Å². The zero-order chi connectivity index (χ0) is 14.0. The number of hydrogen-bond donors (Lipinski definition) is 2. The molecule has 19 heavy (non-hydrogen) atoms. The van der Waals surface area contributed by atoms with Crippen LogP contribution in [0.4, 0.5) is 4.79 Å². The molecule has 0 aliphatic carbocycles. The van der Waals surface area contributed by atoms with Crippen molar-refractivity contribution in [1.82, 2.24) is 15.2 Å². The van der Waals surface area contributed by atoms with Crippen LogP contribution >= 0.6 is 0 Å². The summed E-state index contributed by atoms with van der Waals surface area (Å²) < 4.78 is 0. The van der Waals surface area contributed by atoms with Crippen molar-refractivity contribution in [2.24, 2.45) is 0 Å². The molecule has 2 rings (SSSR count). The lowest BCUT2D eigenvalue weighted by Crippen LogP contribution is -2.41. The van der Waals surface area contributed by atoms with Gasteiger partial charge < -0.3 is 10.4 Å². The Kier molecular flexibility index (Phi) is 3.20. The van der Waals surface area contributed by atoms with Crippen LogP contribution in [0.3, 0.4) is 0 Å². The first kappa shape index (κ1) is 13.0. The van der Waals surface area contributed by atoms with E-state index in [9.17, 15) is 14.4 Å². The zero-order valence-corrected chi connectivity index (χ0v) is 10.3. The van der Waals surface area contributed by atoms with E-state index >= 15 is 0 Å². The number of nitrogens with one attached hydrogen (secondary N) is 1. The van der Waals surface area contributed by atoms with E-state index in [1.54, 1.807) is 25.1 Å². The molecule has 0 radical (unpaired) electrons. The molecular formula is C12H13N3O4. The number of amides is 3. The SMILES string of the molecule is CC1(c2ccccn2)NC(=O)N(CCC(=O)O)C1=O. The van der Waals surface area contributed by atoms with Crippen LogP contribution in [0, 0.1) is 0 Å². The van der Waals surface area contributed by atoms with Gasteiger partial charge in [-0.2, -0.15) is 0 Å². The molecule has 1 aromatic heterocycles. The minimum atomic E-state index is -1.24. The van der Waals surface area contributed by atoms with Gasteiger partial charge in [0.05, 0.1) is 12.1 Å². The second-order valence-electron chi connectivity index (χ2n) is 4.37. The monoisotopic (exact) mass is 263 g/mol. The van der Waals surface area contributed by atoms with Crippen molar-refractivity contribution < 1.29 is 19.5 Å². The Morgan fingerprint density at radius 1 is 1.47 bits per heavy atom. The maximum Gasteiger partial charge on any atom is 0.325 e. The Bertz CT molecular complexity index is 531. The highest BCUT2D eigenvalue weighted by Gasteiger charge is 2.49. The van der Waals surface area contributed by atoms with E-state index in [4.69, 9.17) is 5.11 Å². The van der Waals surface area contributed by atoms with Crippen molar-refractivity contribution in [3.8, 4) is 0 Å². The fourth-order valence-electron chi connectivity index (χ4n) is 1.94. The number of carboxylic acids is 1. The van der Waals surface area contributed by atoms with Crippen LogP contribution in [0.1, 0.15) is 19.0 Å². The maximum absolute atomic E-state index is 12.3. The van der Waals surface area contributed by atoms with E-state index in [-0.39, 0.29) is 13.0 Å². The summed E-state index contributed by atoms with van der Waals surface area (Å²) in [5, 5.41) is 11.2. The van der Waals surface area contributed by atoms with Gasteiger partial charge in [-0.1, -0.05) is 6.07 Å². The number of carbonyl (C=O) groups excluding carboxylic acids is 2. The number of aliphatic carboxylic acids is 1. The van der Waals surface area contributed by atoms with Gasteiger partial charge in [0.1, 0.15) is 0 Å². The number of imide groups is 1. The van der Waals surface area contributed by atoms with E-state index in [2.05, 4.69) is 10.3 Å². The first-order valence-corrected chi connectivity index (χ1v) is 5.72. The molecule has 2 heterocycles. The predicted octanol–water partition coefficient (Wildman–Crippen LogP) is 0.323. The van der Waals surface area contributed by atoms with Gasteiger partial charge in [0, 0.05) is 12.7 Å². The summed E-state index contributed by atoms with van der Waals surface area (Å²) in [5.41, 5.74) is -0.817. The third kappa shape index (κ3) is 2.26. The molecule has 7 nitrogen and oxygen atoms in total. The molecule has 1 atom stereocenters. The highest BCUT2D eigenvalue weighted by atomic mass is 16.4. The second kappa shape index (κ2) is 4.68. The van der Waals surface area contributed by atoms with Crippen LogP contribution in [-0.4, -0.2) is 39.4 Å². The maximum atomic E-state index is 12.3. The van der Waals surface area contributed by atoms with E-state index < -0.39 is 23.4 Å². The molecule has 0 saturated carbocycles. The summed E-state index contributed by atoms with van der Waals surface area (Å²) in [6, 6.07) is 4.46. The quantitative estimate of drug-likeness (QED) is 0.762. The molecule has 0 bridgehead atoms. The average molecular weight is 263 g/mol. The molecule has 100 valence electrons. The third-order valence-corrected chi connectivity index (χ3v) is 3.00. The van der Waals surface area contributed by atoms with Crippen molar-refractivity contribution in [2.45, 2.75) is 18.9 Å². The minimum Gasteiger partial charge on any atom is -0.481 e. The lowest BCUT2D eigenvalue weighted by Gasteiger charge is -2.20. The summed E-state index contributed by atoms with van der Waals surface area (Å²) in [7, 11) is 0. The van der Waals surface area contributed by atoms with Gasteiger partial charge in [-0.25, -0.2) is 4.79 Å². The van der Waals surface area contributed by atoms with Crippen LogP contribution < -0.4 is 5.32 Å². The van der Waals surface area contributed by atoms with Crippen LogP contribution in [0.5, 0.6) is 0 Å². The predicted molar refractivity (Wildman–Crippen MR) is 64.1 cm³/mol. The number of hydrogen-bond acceptors (Lipinski definition) is 4. The largest absolute Gasteiger partial charge is 0.481 e. The molecule has 1 fully saturated rings. The minimum absolute atomic E-state index is 0.150. The Morgan fingerprint density at radius 3 is 2.79 bits per heavy atom. The Balaban J connectivity index is 2.24. The Labute approximate surface area is 109 Å². The summed E-state index contributed by atoms with van der Waals surface area (Å²) in [6.07, 6.45) is 1.25. The molecule has 1 aliphatic rings. The van der Waals surface area contributed by atoms with Crippen molar-refractivity contribution in [3.05, 3.63) is 30.1 Å². The second-order valence-corrected chi connectivity index (χ2v) is 4.37. The van der Waals surface area contributed by atoms with E-state index in [1.807, 2.05) is 0 Å². The summed E-state index contributed by atoms with van der Waals surface area (Å²) in [4.78, 5) is 39.5. The molecule has 1 aromatic rings. The molecule has 3 amide bonds. The highest BCUT2D eigenvalue weighted by molar-refractivity contribution is 6.07. The molecule has 1 saturated heterocycles. The van der Waals surface area contributed by atoms with Crippen molar-refractivity contribution >= 4 is 17.9 Å². The number of carboxylic acid groups (broad SMARTS) is 1.